The second-order valence-electron chi connectivity index (χ2n) is 4.99. The molecule has 1 fully saturated rings. The van der Waals surface area contributed by atoms with Gasteiger partial charge in [-0.15, -0.1) is 5.10 Å². The summed E-state index contributed by atoms with van der Waals surface area (Å²) in [6.45, 7) is 9.37. The normalized spacial score (nSPS) is 21.3. The zero-order chi connectivity index (χ0) is 13.0. The number of hydrogen-bond donors (Lipinski definition) is 1. The van der Waals surface area contributed by atoms with Crippen molar-refractivity contribution in [3.8, 4) is 0 Å². The molecule has 0 radical (unpaired) electrons. The van der Waals surface area contributed by atoms with Crippen molar-refractivity contribution in [3.05, 3.63) is 5.89 Å². The molecule has 1 N–H and O–H groups in total. The molecule has 6 nitrogen and oxygen atoms in total. The fraction of sp³-hybridized carbons (Fsp3) is 0.833. The molecular weight excluding hydrogens is 232 g/mol. The van der Waals surface area contributed by atoms with Crippen molar-refractivity contribution in [3.63, 3.8) is 0 Å². The maximum absolute atomic E-state index is 5.66. The Labute approximate surface area is 108 Å². The molecule has 0 bridgehead atoms. The van der Waals surface area contributed by atoms with Gasteiger partial charge in [-0.25, -0.2) is 0 Å². The molecule has 1 saturated heterocycles. The Kier molecular flexibility index (Phi) is 4.54. The summed E-state index contributed by atoms with van der Waals surface area (Å²) in [6.07, 6.45) is 1.20. The lowest BCUT2D eigenvalue weighted by Crippen LogP contribution is -2.30. The molecule has 2 heterocycles. The average molecular weight is 254 g/mol. The molecule has 1 aromatic heterocycles. The maximum Gasteiger partial charge on any atom is 0.318 e. The first-order valence-corrected chi connectivity index (χ1v) is 6.57. The Hall–Kier alpha value is -1.14. The molecule has 6 heteroatoms. The lowest BCUT2D eigenvalue weighted by molar-refractivity contribution is 0.0818. The summed E-state index contributed by atoms with van der Waals surface area (Å²) in [5, 5.41) is 11.4. The predicted molar refractivity (Wildman–Crippen MR) is 68.5 cm³/mol. The zero-order valence-electron chi connectivity index (χ0n) is 11.3. The van der Waals surface area contributed by atoms with Crippen LogP contribution in [0, 0.1) is 0 Å². The molecule has 1 aliphatic rings. The number of ether oxygens (including phenoxy) is 1. The quantitative estimate of drug-likeness (QED) is 0.870. The summed E-state index contributed by atoms with van der Waals surface area (Å²) in [5.41, 5.74) is 0. The molecule has 0 aromatic carbocycles. The van der Waals surface area contributed by atoms with Crippen LogP contribution in [0.15, 0.2) is 4.42 Å². The third kappa shape index (κ3) is 3.68. The fourth-order valence-corrected chi connectivity index (χ4v) is 1.90. The Bertz CT molecular complexity index is 367. The molecule has 2 rings (SSSR count). The zero-order valence-corrected chi connectivity index (χ0v) is 11.3. The van der Waals surface area contributed by atoms with Gasteiger partial charge in [-0.1, -0.05) is 18.9 Å². The highest BCUT2D eigenvalue weighted by molar-refractivity contribution is 5.24. The standard InChI is InChI=1S/C12H22N4O2/c1-9(2)13-7-11-14-15-12(18-11)16-5-4-6-17-10(3)8-16/h9-10,13H,4-8H2,1-3H3. The van der Waals surface area contributed by atoms with Gasteiger partial charge in [-0.2, -0.15) is 0 Å². The van der Waals surface area contributed by atoms with Gasteiger partial charge >= 0.3 is 6.01 Å². The average Bonchev–Trinajstić information content (AvgIpc) is 2.69. The van der Waals surface area contributed by atoms with Crippen LogP contribution in [0.1, 0.15) is 33.1 Å². The molecule has 0 aliphatic carbocycles. The largest absolute Gasteiger partial charge is 0.407 e. The van der Waals surface area contributed by atoms with E-state index in [2.05, 4.69) is 41.2 Å². The van der Waals surface area contributed by atoms with E-state index in [1.807, 2.05) is 0 Å². The van der Waals surface area contributed by atoms with Crippen molar-refractivity contribution in [1.82, 2.24) is 15.5 Å². The molecule has 18 heavy (non-hydrogen) atoms. The van der Waals surface area contributed by atoms with Crippen molar-refractivity contribution in [1.29, 1.82) is 0 Å². The molecule has 0 saturated carbocycles. The smallest absolute Gasteiger partial charge is 0.318 e. The summed E-state index contributed by atoms with van der Waals surface area (Å²) in [7, 11) is 0. The van der Waals surface area contributed by atoms with Gasteiger partial charge in [0, 0.05) is 25.7 Å². The van der Waals surface area contributed by atoms with Crippen LogP contribution < -0.4 is 10.2 Å². The van der Waals surface area contributed by atoms with Crippen LogP contribution >= 0.6 is 0 Å². The Morgan fingerprint density at radius 1 is 1.44 bits per heavy atom. The van der Waals surface area contributed by atoms with Crippen molar-refractivity contribution >= 4 is 6.01 Å². The molecular formula is C12H22N4O2. The minimum absolute atomic E-state index is 0.205. The highest BCUT2D eigenvalue weighted by Crippen LogP contribution is 2.16. The van der Waals surface area contributed by atoms with E-state index in [4.69, 9.17) is 9.15 Å². The van der Waals surface area contributed by atoms with Crippen molar-refractivity contribution < 1.29 is 9.15 Å². The van der Waals surface area contributed by atoms with E-state index in [0.717, 1.165) is 26.1 Å². The minimum Gasteiger partial charge on any atom is -0.407 e. The minimum atomic E-state index is 0.205. The second-order valence-corrected chi connectivity index (χ2v) is 4.99. The van der Waals surface area contributed by atoms with Gasteiger partial charge in [0.2, 0.25) is 5.89 Å². The van der Waals surface area contributed by atoms with Crippen molar-refractivity contribution in [2.45, 2.75) is 45.9 Å². The van der Waals surface area contributed by atoms with Gasteiger partial charge in [0.25, 0.3) is 0 Å². The summed E-state index contributed by atoms with van der Waals surface area (Å²) in [5.74, 6) is 0.636. The van der Waals surface area contributed by atoms with Crippen LogP contribution in [-0.2, 0) is 11.3 Å². The van der Waals surface area contributed by atoms with Gasteiger partial charge in [-0.3, -0.25) is 0 Å². The summed E-state index contributed by atoms with van der Waals surface area (Å²) < 4.78 is 11.3. The van der Waals surface area contributed by atoms with Crippen LogP contribution in [0.25, 0.3) is 0 Å². The molecule has 0 spiro atoms. The van der Waals surface area contributed by atoms with Gasteiger partial charge in [-0.05, 0) is 13.3 Å². The van der Waals surface area contributed by atoms with E-state index >= 15 is 0 Å². The van der Waals surface area contributed by atoms with Crippen LogP contribution in [0.2, 0.25) is 0 Å². The van der Waals surface area contributed by atoms with Crippen LogP contribution in [0.4, 0.5) is 6.01 Å². The lowest BCUT2D eigenvalue weighted by atomic mass is 10.3. The van der Waals surface area contributed by atoms with Crippen molar-refractivity contribution in [2.24, 2.45) is 0 Å². The van der Waals surface area contributed by atoms with Gasteiger partial charge in [0.05, 0.1) is 12.6 Å². The van der Waals surface area contributed by atoms with Gasteiger partial charge in [0.1, 0.15) is 0 Å². The predicted octanol–water partition coefficient (Wildman–Crippen LogP) is 1.18. The Morgan fingerprint density at radius 3 is 3.06 bits per heavy atom. The van der Waals surface area contributed by atoms with E-state index in [1.165, 1.54) is 0 Å². The Balaban J connectivity index is 1.95. The van der Waals surface area contributed by atoms with E-state index in [9.17, 15) is 0 Å². The SMILES string of the molecule is CC(C)NCc1nnc(N2CCCOC(C)C2)o1. The van der Waals surface area contributed by atoms with Crippen molar-refractivity contribution in [2.75, 3.05) is 24.6 Å². The van der Waals surface area contributed by atoms with Gasteiger partial charge in [0.15, 0.2) is 0 Å². The van der Waals surface area contributed by atoms with E-state index in [-0.39, 0.29) is 6.10 Å². The highest BCUT2D eigenvalue weighted by Gasteiger charge is 2.20. The number of aromatic nitrogens is 2. The molecule has 102 valence electrons. The first kappa shape index (κ1) is 13.3. The van der Waals surface area contributed by atoms with E-state index < -0.39 is 0 Å². The maximum atomic E-state index is 5.66. The second kappa shape index (κ2) is 6.15. The summed E-state index contributed by atoms with van der Waals surface area (Å²) in [4.78, 5) is 2.10. The van der Waals surface area contributed by atoms with Crippen LogP contribution in [0.3, 0.4) is 0 Å². The third-order valence-corrected chi connectivity index (χ3v) is 2.84. The van der Waals surface area contributed by atoms with Gasteiger partial charge < -0.3 is 19.4 Å². The molecule has 1 unspecified atom stereocenters. The third-order valence-electron chi connectivity index (χ3n) is 2.84. The molecule has 1 aliphatic heterocycles. The van der Waals surface area contributed by atoms with Crippen LogP contribution in [0.5, 0.6) is 0 Å². The topological polar surface area (TPSA) is 63.4 Å². The Morgan fingerprint density at radius 2 is 2.28 bits per heavy atom. The van der Waals surface area contributed by atoms with E-state index in [0.29, 0.717) is 24.5 Å². The fourth-order valence-electron chi connectivity index (χ4n) is 1.90. The number of nitrogens with one attached hydrogen (secondary N) is 1. The highest BCUT2D eigenvalue weighted by atomic mass is 16.5. The first-order chi connectivity index (χ1) is 8.65. The number of hydrogen-bond acceptors (Lipinski definition) is 6. The molecule has 0 amide bonds. The first-order valence-electron chi connectivity index (χ1n) is 6.57. The summed E-state index contributed by atoms with van der Waals surface area (Å²) in [6, 6.07) is 1.01. The molecule has 1 atom stereocenters. The van der Waals surface area contributed by atoms with E-state index in [1.54, 1.807) is 0 Å². The van der Waals surface area contributed by atoms with Crippen LogP contribution in [-0.4, -0.2) is 42.0 Å². The number of nitrogens with zero attached hydrogens (tertiary/aromatic N) is 3. The number of rotatable bonds is 4. The number of anilines is 1. The monoisotopic (exact) mass is 254 g/mol. The lowest BCUT2D eigenvalue weighted by Gasteiger charge is -2.18. The molecule has 1 aromatic rings. The summed E-state index contributed by atoms with van der Waals surface area (Å²) >= 11 is 0.